The lowest BCUT2D eigenvalue weighted by molar-refractivity contribution is 0.281. The second-order valence-electron chi connectivity index (χ2n) is 5.65. The van der Waals surface area contributed by atoms with Crippen molar-refractivity contribution in [1.29, 1.82) is 0 Å². The maximum absolute atomic E-state index is 12.1. The first kappa shape index (κ1) is 14.8. The largest absolute Gasteiger partial charge is 0.392 e. The molecular formula is C13H18ClNO3S. The van der Waals surface area contributed by atoms with Crippen LogP contribution in [0, 0.1) is 11.3 Å². The predicted octanol–water partition coefficient (Wildman–Crippen LogP) is 2.16. The van der Waals surface area contributed by atoms with Gasteiger partial charge in [-0.3, -0.25) is 0 Å². The van der Waals surface area contributed by atoms with Crippen molar-refractivity contribution in [2.24, 2.45) is 11.3 Å². The quantitative estimate of drug-likeness (QED) is 0.876. The number of rotatable bonds is 5. The van der Waals surface area contributed by atoms with Crippen LogP contribution in [0.2, 0.25) is 5.02 Å². The van der Waals surface area contributed by atoms with Crippen molar-refractivity contribution in [2.75, 3.05) is 6.54 Å². The van der Waals surface area contributed by atoms with E-state index < -0.39 is 10.0 Å². The molecule has 0 spiro atoms. The highest BCUT2D eigenvalue weighted by Crippen LogP contribution is 2.51. The molecule has 19 heavy (non-hydrogen) atoms. The molecule has 1 unspecified atom stereocenters. The molecule has 4 nitrogen and oxygen atoms in total. The molecule has 1 aromatic rings. The normalized spacial score (nSPS) is 21.4. The van der Waals surface area contributed by atoms with Crippen LogP contribution in [-0.4, -0.2) is 20.1 Å². The van der Waals surface area contributed by atoms with Gasteiger partial charge in [0.15, 0.2) is 0 Å². The van der Waals surface area contributed by atoms with E-state index >= 15 is 0 Å². The molecule has 0 bridgehead atoms. The molecule has 2 N–H and O–H groups in total. The average molecular weight is 304 g/mol. The molecule has 0 saturated heterocycles. The first-order valence-corrected chi connectivity index (χ1v) is 8.01. The number of halogens is 1. The summed E-state index contributed by atoms with van der Waals surface area (Å²) in [6.45, 7) is 4.42. The minimum Gasteiger partial charge on any atom is -0.392 e. The Labute approximate surface area is 118 Å². The van der Waals surface area contributed by atoms with Crippen molar-refractivity contribution in [3.8, 4) is 0 Å². The molecular weight excluding hydrogens is 286 g/mol. The van der Waals surface area contributed by atoms with Crippen molar-refractivity contribution in [3.05, 3.63) is 28.8 Å². The maximum Gasteiger partial charge on any atom is 0.240 e. The molecule has 1 fully saturated rings. The highest BCUT2D eigenvalue weighted by Gasteiger charge is 2.45. The number of aliphatic hydroxyl groups is 1. The monoisotopic (exact) mass is 303 g/mol. The zero-order chi connectivity index (χ0) is 14.3. The number of hydrogen-bond acceptors (Lipinski definition) is 3. The van der Waals surface area contributed by atoms with Gasteiger partial charge in [-0.1, -0.05) is 25.4 Å². The molecule has 2 rings (SSSR count). The van der Waals surface area contributed by atoms with Gasteiger partial charge in [-0.25, -0.2) is 13.1 Å². The van der Waals surface area contributed by atoms with Crippen LogP contribution >= 0.6 is 11.6 Å². The zero-order valence-corrected chi connectivity index (χ0v) is 12.6. The van der Waals surface area contributed by atoms with E-state index in [1.807, 2.05) is 0 Å². The average Bonchev–Trinajstić information content (AvgIpc) is 2.95. The van der Waals surface area contributed by atoms with Gasteiger partial charge in [-0.2, -0.15) is 0 Å². The summed E-state index contributed by atoms with van der Waals surface area (Å²) in [5, 5.41) is 9.47. The number of nitrogens with one attached hydrogen (secondary N) is 1. The van der Waals surface area contributed by atoms with E-state index in [-0.39, 0.29) is 16.9 Å². The smallest absolute Gasteiger partial charge is 0.240 e. The van der Waals surface area contributed by atoms with Gasteiger partial charge in [0.05, 0.1) is 11.5 Å². The van der Waals surface area contributed by atoms with Gasteiger partial charge < -0.3 is 5.11 Å². The molecule has 0 aromatic heterocycles. The topological polar surface area (TPSA) is 66.4 Å². The van der Waals surface area contributed by atoms with Crippen molar-refractivity contribution in [3.63, 3.8) is 0 Å². The summed E-state index contributed by atoms with van der Waals surface area (Å²) < 4.78 is 26.8. The molecule has 1 saturated carbocycles. The minimum absolute atomic E-state index is 0.138. The van der Waals surface area contributed by atoms with Crippen LogP contribution in [0.3, 0.4) is 0 Å². The van der Waals surface area contributed by atoms with Crippen LogP contribution < -0.4 is 4.72 Å². The molecule has 0 heterocycles. The second kappa shape index (κ2) is 5.05. The lowest BCUT2D eigenvalue weighted by Gasteiger charge is -2.09. The van der Waals surface area contributed by atoms with Gasteiger partial charge in [-0.05, 0) is 41.5 Å². The fourth-order valence-electron chi connectivity index (χ4n) is 2.06. The molecule has 1 atom stereocenters. The number of hydrogen-bond donors (Lipinski definition) is 2. The SMILES string of the molecule is CC1(C)CC1CNS(=O)(=O)c1ccc(Cl)c(CO)c1. The van der Waals surface area contributed by atoms with E-state index in [2.05, 4.69) is 18.6 Å². The van der Waals surface area contributed by atoms with Crippen LogP contribution in [0.4, 0.5) is 0 Å². The van der Waals surface area contributed by atoms with Gasteiger partial charge in [-0.15, -0.1) is 0 Å². The van der Waals surface area contributed by atoms with E-state index in [1.54, 1.807) is 0 Å². The summed E-state index contributed by atoms with van der Waals surface area (Å²) >= 11 is 5.85. The first-order valence-electron chi connectivity index (χ1n) is 6.15. The third-order valence-electron chi connectivity index (χ3n) is 3.74. The maximum atomic E-state index is 12.1. The molecule has 6 heteroatoms. The van der Waals surface area contributed by atoms with Crippen molar-refractivity contribution in [2.45, 2.75) is 31.8 Å². The van der Waals surface area contributed by atoms with E-state index in [1.165, 1.54) is 18.2 Å². The second-order valence-corrected chi connectivity index (χ2v) is 7.83. The summed E-state index contributed by atoms with van der Waals surface area (Å²) in [6.07, 6.45) is 1.04. The molecule has 1 aliphatic carbocycles. The molecule has 1 aliphatic rings. The van der Waals surface area contributed by atoms with Gasteiger partial charge in [0.1, 0.15) is 0 Å². The van der Waals surface area contributed by atoms with Crippen molar-refractivity contribution < 1.29 is 13.5 Å². The summed E-state index contributed by atoms with van der Waals surface area (Å²) in [5.74, 6) is 0.395. The first-order chi connectivity index (χ1) is 8.76. The third-order valence-corrected chi connectivity index (χ3v) is 5.53. The van der Waals surface area contributed by atoms with E-state index in [0.29, 0.717) is 23.0 Å². The molecule has 106 valence electrons. The molecule has 1 aromatic carbocycles. The van der Waals surface area contributed by atoms with Crippen LogP contribution in [-0.2, 0) is 16.6 Å². The summed E-state index contributed by atoms with van der Waals surface area (Å²) in [4.78, 5) is 0.138. The number of aliphatic hydroxyl groups excluding tert-OH is 1. The fourth-order valence-corrected chi connectivity index (χ4v) is 3.37. The highest BCUT2D eigenvalue weighted by atomic mass is 35.5. The molecule has 0 radical (unpaired) electrons. The Morgan fingerprint density at radius 1 is 1.47 bits per heavy atom. The summed E-state index contributed by atoms with van der Waals surface area (Å²) in [5.41, 5.74) is 0.648. The van der Waals surface area contributed by atoms with E-state index in [4.69, 9.17) is 16.7 Å². The highest BCUT2D eigenvalue weighted by molar-refractivity contribution is 7.89. The Morgan fingerprint density at radius 3 is 2.63 bits per heavy atom. The Kier molecular flexibility index (Phi) is 3.93. The van der Waals surface area contributed by atoms with Crippen molar-refractivity contribution >= 4 is 21.6 Å². The van der Waals surface area contributed by atoms with E-state index in [9.17, 15) is 8.42 Å². The Morgan fingerprint density at radius 2 is 2.11 bits per heavy atom. The van der Waals surface area contributed by atoms with Gasteiger partial charge in [0.2, 0.25) is 10.0 Å². The Balaban J connectivity index is 2.11. The summed E-state index contributed by atoms with van der Waals surface area (Å²) in [7, 11) is -3.53. The van der Waals surface area contributed by atoms with Crippen LogP contribution in [0.15, 0.2) is 23.1 Å². The van der Waals surface area contributed by atoms with Crippen LogP contribution in [0.5, 0.6) is 0 Å². The Bertz CT molecular complexity index is 584. The van der Waals surface area contributed by atoms with Crippen molar-refractivity contribution in [1.82, 2.24) is 4.72 Å². The standard InChI is InChI=1S/C13H18ClNO3S/c1-13(2)6-10(13)7-15-19(17,18)11-3-4-12(14)9(5-11)8-16/h3-5,10,15-16H,6-8H2,1-2H3. The number of sulfonamides is 1. The fraction of sp³-hybridized carbons (Fsp3) is 0.538. The van der Waals surface area contributed by atoms with Crippen LogP contribution in [0.1, 0.15) is 25.8 Å². The third kappa shape index (κ3) is 3.28. The zero-order valence-electron chi connectivity index (χ0n) is 11.0. The number of benzene rings is 1. The lowest BCUT2D eigenvalue weighted by Crippen LogP contribution is -2.27. The Hall–Kier alpha value is -0.620. The van der Waals surface area contributed by atoms with Crippen LogP contribution in [0.25, 0.3) is 0 Å². The summed E-state index contributed by atoms with van der Waals surface area (Å²) in [6, 6.07) is 4.34. The lowest BCUT2D eigenvalue weighted by atomic mass is 10.1. The predicted molar refractivity (Wildman–Crippen MR) is 74.5 cm³/mol. The van der Waals surface area contributed by atoms with E-state index in [0.717, 1.165) is 6.42 Å². The van der Waals surface area contributed by atoms with Gasteiger partial charge >= 0.3 is 0 Å². The van der Waals surface area contributed by atoms with Gasteiger partial charge in [0.25, 0.3) is 0 Å². The molecule has 0 amide bonds. The minimum atomic E-state index is -3.53. The molecule has 0 aliphatic heterocycles. The van der Waals surface area contributed by atoms with Gasteiger partial charge in [0, 0.05) is 11.6 Å².